The van der Waals surface area contributed by atoms with Gasteiger partial charge in [-0.05, 0) is 25.2 Å². The predicted octanol–water partition coefficient (Wildman–Crippen LogP) is 2.20. The van der Waals surface area contributed by atoms with Gasteiger partial charge in [-0.15, -0.1) is 0 Å². The van der Waals surface area contributed by atoms with Crippen molar-refractivity contribution >= 4 is 11.9 Å². The van der Waals surface area contributed by atoms with Crippen molar-refractivity contribution in [3.8, 4) is 0 Å². The van der Waals surface area contributed by atoms with E-state index in [2.05, 4.69) is 4.74 Å². The van der Waals surface area contributed by atoms with Crippen molar-refractivity contribution < 1.29 is 32.6 Å². The third kappa shape index (κ3) is 4.12. The van der Waals surface area contributed by atoms with Crippen LogP contribution in [0.2, 0.25) is 0 Å². The quantitative estimate of drug-likeness (QED) is 0.788. The number of aliphatic carboxylic acids is 1. The van der Waals surface area contributed by atoms with Crippen LogP contribution in [0.4, 0.5) is 13.2 Å². The minimum atomic E-state index is -4.42. The third-order valence-corrected chi connectivity index (χ3v) is 4.39. The summed E-state index contributed by atoms with van der Waals surface area (Å²) in [4.78, 5) is 25.0. The lowest BCUT2D eigenvalue weighted by atomic mass is 9.84. The number of hydrogen-bond acceptors (Lipinski definition) is 3. The van der Waals surface area contributed by atoms with Crippen LogP contribution in [0.15, 0.2) is 0 Å². The number of rotatable bonds is 5. The number of fused-ring (bicyclic) bond motifs is 1. The molecule has 126 valence electrons. The van der Waals surface area contributed by atoms with Gasteiger partial charge in [-0.2, -0.15) is 13.2 Å². The molecular formula is C14H20F3NO4. The first-order chi connectivity index (χ1) is 10.3. The lowest BCUT2D eigenvalue weighted by molar-refractivity contribution is -0.175. The third-order valence-electron chi connectivity index (χ3n) is 4.39. The first kappa shape index (κ1) is 17.1. The first-order valence-electron chi connectivity index (χ1n) is 7.48. The van der Waals surface area contributed by atoms with Gasteiger partial charge >= 0.3 is 12.1 Å². The summed E-state index contributed by atoms with van der Waals surface area (Å²) >= 11 is 0. The van der Waals surface area contributed by atoms with Gasteiger partial charge in [0.05, 0.1) is 13.0 Å². The standard InChI is InChI=1S/C14H20F3NO4/c15-14(16,17)8-22-6-5-12(19)18-10-4-2-1-3-9(10)7-11(18)13(20)21/h9-11H,1-8H2,(H,20,21)/t9-,10-,11+/m1/s1. The van der Waals surface area contributed by atoms with Gasteiger partial charge in [0.2, 0.25) is 5.91 Å². The average molecular weight is 323 g/mol. The highest BCUT2D eigenvalue weighted by molar-refractivity contribution is 5.84. The van der Waals surface area contributed by atoms with Crippen molar-refractivity contribution in [3.63, 3.8) is 0 Å². The number of carbonyl (C=O) groups is 2. The van der Waals surface area contributed by atoms with Crippen LogP contribution in [0.1, 0.15) is 38.5 Å². The van der Waals surface area contributed by atoms with Gasteiger partial charge in [-0.3, -0.25) is 4.79 Å². The molecule has 0 aromatic carbocycles. The van der Waals surface area contributed by atoms with Gasteiger partial charge in [0.15, 0.2) is 0 Å². The Morgan fingerprint density at radius 3 is 2.55 bits per heavy atom. The molecule has 1 aliphatic carbocycles. The van der Waals surface area contributed by atoms with Crippen LogP contribution in [0, 0.1) is 5.92 Å². The molecule has 0 bridgehead atoms. The van der Waals surface area contributed by atoms with Crippen molar-refractivity contribution in [2.75, 3.05) is 13.2 Å². The highest BCUT2D eigenvalue weighted by Crippen LogP contribution is 2.40. The molecule has 2 rings (SSSR count). The number of carbonyl (C=O) groups excluding carboxylic acids is 1. The maximum Gasteiger partial charge on any atom is 0.411 e. The monoisotopic (exact) mass is 323 g/mol. The number of alkyl halides is 3. The minimum Gasteiger partial charge on any atom is -0.480 e. The molecule has 1 heterocycles. The van der Waals surface area contributed by atoms with E-state index < -0.39 is 30.7 Å². The molecule has 1 amide bonds. The zero-order chi connectivity index (χ0) is 16.3. The van der Waals surface area contributed by atoms with Crippen molar-refractivity contribution in [1.82, 2.24) is 4.90 Å². The van der Waals surface area contributed by atoms with Crippen molar-refractivity contribution in [3.05, 3.63) is 0 Å². The Bertz CT molecular complexity index is 427. The SMILES string of the molecule is O=C(O)[C@@H]1C[C@H]2CCCC[C@H]2N1C(=O)CCOCC(F)(F)F. The van der Waals surface area contributed by atoms with Crippen LogP contribution in [0.5, 0.6) is 0 Å². The Balaban J connectivity index is 1.92. The maximum atomic E-state index is 12.2. The van der Waals surface area contributed by atoms with Crippen LogP contribution in [0.25, 0.3) is 0 Å². The average Bonchev–Trinajstić information content (AvgIpc) is 2.82. The number of carboxylic acids is 1. The molecular weight excluding hydrogens is 303 g/mol. The molecule has 0 unspecified atom stereocenters. The molecule has 5 nitrogen and oxygen atoms in total. The molecule has 1 saturated carbocycles. The molecule has 2 aliphatic rings. The Kier molecular flexibility index (Phi) is 5.31. The molecule has 22 heavy (non-hydrogen) atoms. The summed E-state index contributed by atoms with van der Waals surface area (Å²) in [5, 5.41) is 9.28. The van der Waals surface area contributed by atoms with Gasteiger partial charge in [0.25, 0.3) is 0 Å². The normalized spacial score (nSPS) is 28.5. The zero-order valence-corrected chi connectivity index (χ0v) is 12.1. The van der Waals surface area contributed by atoms with E-state index in [9.17, 15) is 27.9 Å². The second-order valence-electron chi connectivity index (χ2n) is 5.92. The van der Waals surface area contributed by atoms with E-state index in [4.69, 9.17) is 0 Å². The van der Waals surface area contributed by atoms with Crippen LogP contribution in [-0.4, -0.2) is 53.4 Å². The molecule has 0 spiro atoms. The number of likely N-dealkylation sites (tertiary alicyclic amines) is 1. The molecule has 8 heteroatoms. The van der Waals surface area contributed by atoms with Gasteiger partial charge in [0.1, 0.15) is 12.6 Å². The number of carboxylic acid groups (broad SMARTS) is 1. The van der Waals surface area contributed by atoms with E-state index in [1.165, 1.54) is 4.90 Å². The number of hydrogen-bond donors (Lipinski definition) is 1. The Labute approximate surface area is 126 Å². The summed E-state index contributed by atoms with van der Waals surface area (Å²) in [6, 6.07) is -0.951. The molecule has 3 atom stereocenters. The zero-order valence-electron chi connectivity index (χ0n) is 12.1. The molecule has 1 aliphatic heterocycles. The highest BCUT2D eigenvalue weighted by Gasteiger charge is 2.47. The Morgan fingerprint density at radius 2 is 1.91 bits per heavy atom. The van der Waals surface area contributed by atoms with Crippen molar-refractivity contribution in [2.24, 2.45) is 5.92 Å². The largest absolute Gasteiger partial charge is 0.480 e. The molecule has 1 saturated heterocycles. The van der Waals surface area contributed by atoms with Crippen molar-refractivity contribution in [2.45, 2.75) is 56.8 Å². The lowest BCUT2D eigenvalue weighted by Gasteiger charge is -2.33. The van der Waals surface area contributed by atoms with Gasteiger partial charge in [0, 0.05) is 6.04 Å². The molecule has 1 N–H and O–H groups in total. The van der Waals surface area contributed by atoms with Crippen LogP contribution in [-0.2, 0) is 14.3 Å². The summed E-state index contributed by atoms with van der Waals surface area (Å²) in [5.41, 5.74) is 0. The topological polar surface area (TPSA) is 66.8 Å². The second-order valence-corrected chi connectivity index (χ2v) is 5.92. The maximum absolute atomic E-state index is 12.2. The first-order valence-corrected chi connectivity index (χ1v) is 7.48. The number of ether oxygens (including phenoxy) is 1. The predicted molar refractivity (Wildman–Crippen MR) is 70.1 cm³/mol. The van der Waals surface area contributed by atoms with Gasteiger partial charge < -0.3 is 14.7 Å². The van der Waals surface area contributed by atoms with Gasteiger partial charge in [-0.25, -0.2) is 4.79 Å². The molecule has 0 radical (unpaired) electrons. The number of halogens is 3. The minimum absolute atomic E-state index is 0.0926. The van der Waals surface area contributed by atoms with Crippen LogP contribution < -0.4 is 0 Å². The van der Waals surface area contributed by atoms with E-state index in [1.54, 1.807) is 0 Å². The van der Waals surface area contributed by atoms with E-state index in [0.29, 0.717) is 6.42 Å². The fraction of sp³-hybridized carbons (Fsp3) is 0.857. The number of amides is 1. The highest BCUT2D eigenvalue weighted by atomic mass is 19.4. The van der Waals surface area contributed by atoms with Crippen LogP contribution >= 0.6 is 0 Å². The fourth-order valence-corrected chi connectivity index (χ4v) is 3.52. The Hall–Kier alpha value is -1.31. The Morgan fingerprint density at radius 1 is 1.23 bits per heavy atom. The summed E-state index contributed by atoms with van der Waals surface area (Å²) in [6.07, 6.45) is -0.550. The molecule has 2 fully saturated rings. The fourth-order valence-electron chi connectivity index (χ4n) is 3.52. The summed E-state index contributed by atoms with van der Waals surface area (Å²) < 4.78 is 40.4. The van der Waals surface area contributed by atoms with Gasteiger partial charge in [-0.1, -0.05) is 12.8 Å². The van der Waals surface area contributed by atoms with Crippen LogP contribution in [0.3, 0.4) is 0 Å². The molecule has 0 aromatic rings. The summed E-state index contributed by atoms with van der Waals surface area (Å²) in [6.45, 7) is -1.74. The second kappa shape index (κ2) is 6.85. The summed E-state index contributed by atoms with van der Waals surface area (Å²) in [5.74, 6) is -1.28. The molecule has 0 aromatic heterocycles. The van der Waals surface area contributed by atoms with E-state index >= 15 is 0 Å². The van der Waals surface area contributed by atoms with Crippen molar-refractivity contribution in [1.29, 1.82) is 0 Å². The lowest BCUT2D eigenvalue weighted by Crippen LogP contribution is -2.46. The smallest absolute Gasteiger partial charge is 0.411 e. The van der Waals surface area contributed by atoms with E-state index in [-0.39, 0.29) is 25.0 Å². The van der Waals surface area contributed by atoms with E-state index in [1.807, 2.05) is 0 Å². The number of nitrogens with zero attached hydrogens (tertiary/aromatic N) is 1. The summed E-state index contributed by atoms with van der Waals surface area (Å²) in [7, 11) is 0. The van der Waals surface area contributed by atoms with E-state index in [0.717, 1.165) is 25.7 Å².